The predicted molar refractivity (Wildman–Crippen MR) is 101 cm³/mol. The molecule has 0 amide bonds. The average Bonchev–Trinajstić information content (AvgIpc) is 2.98. The van der Waals surface area contributed by atoms with Crippen molar-refractivity contribution in [3.63, 3.8) is 0 Å². The van der Waals surface area contributed by atoms with Gasteiger partial charge in [-0.25, -0.2) is 8.78 Å². The van der Waals surface area contributed by atoms with E-state index >= 15 is 0 Å². The van der Waals surface area contributed by atoms with Gasteiger partial charge in [-0.05, 0) is 42.3 Å². The molecule has 0 radical (unpaired) electrons. The van der Waals surface area contributed by atoms with Gasteiger partial charge in [0.05, 0.1) is 11.1 Å². The molecule has 1 heterocycles. The molecule has 0 N–H and O–H groups in total. The molecule has 3 aromatic rings. The number of halogens is 2. The standard InChI is InChI=1S/C23H16F2O3/c1-14-10-16(27-13-17-18(24)8-5-9-19(17)25)12-20-22(14)23(26)21(28-20)11-15-6-3-2-4-7-15/h2-12H,13H2,1H3/b21-11-. The monoisotopic (exact) mass is 378 g/mol. The summed E-state index contributed by atoms with van der Waals surface area (Å²) in [5.41, 5.74) is 1.83. The van der Waals surface area contributed by atoms with E-state index in [4.69, 9.17) is 9.47 Å². The Morgan fingerprint density at radius 1 is 1.00 bits per heavy atom. The van der Waals surface area contributed by atoms with E-state index in [-0.39, 0.29) is 23.7 Å². The third kappa shape index (κ3) is 3.39. The molecule has 0 saturated heterocycles. The minimum absolute atomic E-state index is 0.151. The van der Waals surface area contributed by atoms with Crippen LogP contribution in [0.15, 0.2) is 66.4 Å². The zero-order valence-electron chi connectivity index (χ0n) is 15.0. The van der Waals surface area contributed by atoms with Crippen LogP contribution < -0.4 is 9.47 Å². The molecule has 3 aromatic carbocycles. The molecule has 1 aliphatic heterocycles. The van der Waals surface area contributed by atoms with Gasteiger partial charge < -0.3 is 9.47 Å². The van der Waals surface area contributed by atoms with Gasteiger partial charge in [-0.1, -0.05) is 36.4 Å². The quantitative estimate of drug-likeness (QED) is 0.565. The van der Waals surface area contributed by atoms with Gasteiger partial charge in [0.2, 0.25) is 5.78 Å². The molecule has 0 atom stereocenters. The van der Waals surface area contributed by atoms with Crippen LogP contribution in [0.4, 0.5) is 8.78 Å². The van der Waals surface area contributed by atoms with Crippen molar-refractivity contribution in [2.24, 2.45) is 0 Å². The van der Waals surface area contributed by atoms with E-state index in [1.165, 1.54) is 18.2 Å². The molecule has 0 unspecified atom stereocenters. The molecule has 0 saturated carbocycles. The minimum atomic E-state index is -0.669. The van der Waals surface area contributed by atoms with Gasteiger partial charge in [-0.2, -0.15) is 0 Å². The summed E-state index contributed by atoms with van der Waals surface area (Å²) in [6.07, 6.45) is 1.68. The van der Waals surface area contributed by atoms with E-state index in [1.807, 2.05) is 30.3 Å². The summed E-state index contributed by atoms with van der Waals surface area (Å²) in [7, 11) is 0. The molecule has 0 aliphatic carbocycles. The van der Waals surface area contributed by atoms with Crippen molar-refractivity contribution in [3.8, 4) is 11.5 Å². The van der Waals surface area contributed by atoms with E-state index in [1.54, 1.807) is 25.1 Å². The van der Waals surface area contributed by atoms with E-state index in [9.17, 15) is 13.6 Å². The zero-order valence-corrected chi connectivity index (χ0v) is 15.0. The predicted octanol–water partition coefficient (Wildman–Crippen LogP) is 5.47. The second-order valence-corrected chi connectivity index (χ2v) is 6.45. The van der Waals surface area contributed by atoms with Crippen LogP contribution in [0.25, 0.3) is 6.08 Å². The largest absolute Gasteiger partial charge is 0.489 e. The lowest BCUT2D eigenvalue weighted by Crippen LogP contribution is -2.02. The lowest BCUT2D eigenvalue weighted by atomic mass is 10.0. The second kappa shape index (κ2) is 7.27. The van der Waals surface area contributed by atoms with Gasteiger partial charge in [0.1, 0.15) is 29.7 Å². The lowest BCUT2D eigenvalue weighted by molar-refractivity contribution is 0.101. The number of ether oxygens (including phenoxy) is 2. The Morgan fingerprint density at radius 3 is 2.43 bits per heavy atom. The first kappa shape index (κ1) is 17.9. The lowest BCUT2D eigenvalue weighted by Gasteiger charge is -2.10. The fourth-order valence-corrected chi connectivity index (χ4v) is 3.09. The van der Waals surface area contributed by atoms with Crippen LogP contribution in [0, 0.1) is 18.6 Å². The van der Waals surface area contributed by atoms with Crippen molar-refractivity contribution in [3.05, 3.63) is 100 Å². The van der Waals surface area contributed by atoms with Crippen LogP contribution in [0.3, 0.4) is 0 Å². The normalized spacial score (nSPS) is 14.1. The molecular weight excluding hydrogens is 362 g/mol. The topological polar surface area (TPSA) is 35.5 Å². The molecule has 1 aliphatic rings. The summed E-state index contributed by atoms with van der Waals surface area (Å²) in [5.74, 6) is -0.580. The minimum Gasteiger partial charge on any atom is -0.489 e. The van der Waals surface area contributed by atoms with E-state index in [0.29, 0.717) is 22.6 Å². The van der Waals surface area contributed by atoms with Crippen molar-refractivity contribution < 1.29 is 23.0 Å². The number of allylic oxidation sites excluding steroid dienone is 1. The zero-order chi connectivity index (χ0) is 19.7. The smallest absolute Gasteiger partial charge is 0.232 e. The van der Waals surface area contributed by atoms with Gasteiger partial charge in [0.25, 0.3) is 0 Å². The molecule has 0 spiro atoms. The number of benzene rings is 3. The maximum atomic E-state index is 13.8. The van der Waals surface area contributed by atoms with Gasteiger partial charge in [0, 0.05) is 6.07 Å². The van der Waals surface area contributed by atoms with Crippen LogP contribution in [0.2, 0.25) is 0 Å². The summed E-state index contributed by atoms with van der Waals surface area (Å²) in [6, 6.07) is 16.3. The first-order chi connectivity index (χ1) is 13.5. The molecule has 0 fully saturated rings. The van der Waals surface area contributed by atoms with E-state index in [2.05, 4.69) is 0 Å². The first-order valence-corrected chi connectivity index (χ1v) is 8.72. The fourth-order valence-electron chi connectivity index (χ4n) is 3.09. The molecule has 0 bridgehead atoms. The van der Waals surface area contributed by atoms with Crippen LogP contribution in [-0.4, -0.2) is 5.78 Å². The number of carbonyl (C=O) groups excluding carboxylic acids is 1. The van der Waals surface area contributed by atoms with E-state index < -0.39 is 11.6 Å². The molecular formula is C23H16F2O3. The van der Waals surface area contributed by atoms with Gasteiger partial charge in [-0.3, -0.25) is 4.79 Å². The van der Waals surface area contributed by atoms with Gasteiger partial charge in [-0.15, -0.1) is 0 Å². The Kier molecular flexibility index (Phi) is 4.65. The van der Waals surface area contributed by atoms with Crippen LogP contribution >= 0.6 is 0 Å². The highest BCUT2D eigenvalue weighted by atomic mass is 19.1. The SMILES string of the molecule is Cc1cc(OCc2c(F)cccc2F)cc2c1C(=O)/C(=C/c1ccccc1)O2. The number of aryl methyl sites for hydroxylation is 1. The Bertz CT molecular complexity index is 1070. The molecule has 3 nitrogen and oxygen atoms in total. The Morgan fingerprint density at radius 2 is 1.71 bits per heavy atom. The maximum Gasteiger partial charge on any atom is 0.232 e. The number of ketones is 1. The van der Waals surface area contributed by atoms with Crippen molar-refractivity contribution in [1.82, 2.24) is 0 Å². The van der Waals surface area contributed by atoms with Crippen molar-refractivity contribution in [1.29, 1.82) is 0 Å². The highest BCUT2D eigenvalue weighted by molar-refractivity contribution is 6.15. The molecule has 140 valence electrons. The summed E-state index contributed by atoms with van der Waals surface area (Å²) in [5, 5.41) is 0. The van der Waals surface area contributed by atoms with Crippen molar-refractivity contribution in [2.45, 2.75) is 13.5 Å². The molecule has 0 aromatic heterocycles. The third-order valence-corrected chi connectivity index (χ3v) is 4.49. The molecule has 4 rings (SSSR count). The van der Waals surface area contributed by atoms with Gasteiger partial charge in [0.15, 0.2) is 5.76 Å². The van der Waals surface area contributed by atoms with Crippen LogP contribution in [0.5, 0.6) is 11.5 Å². The highest BCUT2D eigenvalue weighted by Crippen LogP contribution is 2.37. The summed E-state index contributed by atoms with van der Waals surface area (Å²) >= 11 is 0. The molecule has 28 heavy (non-hydrogen) atoms. The number of hydrogen-bond donors (Lipinski definition) is 0. The third-order valence-electron chi connectivity index (χ3n) is 4.49. The number of rotatable bonds is 4. The van der Waals surface area contributed by atoms with Crippen LogP contribution in [-0.2, 0) is 6.61 Å². The summed E-state index contributed by atoms with van der Waals surface area (Å²) < 4.78 is 38.8. The van der Waals surface area contributed by atoms with E-state index in [0.717, 1.165) is 5.56 Å². The average molecular weight is 378 g/mol. The van der Waals surface area contributed by atoms with Crippen molar-refractivity contribution >= 4 is 11.9 Å². The number of hydrogen-bond acceptors (Lipinski definition) is 3. The Balaban J connectivity index is 1.59. The fraction of sp³-hybridized carbons (Fsp3) is 0.0870. The van der Waals surface area contributed by atoms with Crippen molar-refractivity contribution in [2.75, 3.05) is 0 Å². The van der Waals surface area contributed by atoms with Gasteiger partial charge >= 0.3 is 0 Å². The summed E-state index contributed by atoms with van der Waals surface area (Å²) in [4.78, 5) is 12.7. The summed E-state index contributed by atoms with van der Waals surface area (Å²) in [6.45, 7) is 1.50. The maximum absolute atomic E-state index is 13.8. The second-order valence-electron chi connectivity index (χ2n) is 6.45. The highest BCUT2D eigenvalue weighted by Gasteiger charge is 2.30. The first-order valence-electron chi connectivity index (χ1n) is 8.72. The Hall–Kier alpha value is -3.47. The van der Waals surface area contributed by atoms with Crippen LogP contribution in [0.1, 0.15) is 27.0 Å². The molecule has 5 heteroatoms. The number of Topliss-reactive ketones (excluding diaryl/α,β-unsaturated/α-hetero) is 1. The number of carbonyl (C=O) groups is 1. The Labute approximate surface area is 160 Å². The number of fused-ring (bicyclic) bond motifs is 1.